The van der Waals surface area contributed by atoms with Crippen LogP contribution in [0, 0.1) is 6.92 Å². The Balaban J connectivity index is 1.74. The molecule has 9 nitrogen and oxygen atoms in total. The third-order valence-electron chi connectivity index (χ3n) is 4.85. The fourth-order valence-corrected chi connectivity index (χ4v) is 3.46. The van der Waals surface area contributed by atoms with Crippen molar-refractivity contribution < 1.29 is 0 Å². The molecule has 2 N–H and O–H groups in total. The molecule has 0 amide bonds. The summed E-state index contributed by atoms with van der Waals surface area (Å²) in [4.78, 5) is 18.0. The Morgan fingerprint density at radius 3 is 2.68 bits per heavy atom. The van der Waals surface area contributed by atoms with Gasteiger partial charge in [0.2, 0.25) is 5.95 Å². The monoisotopic (exact) mass is 433 g/mol. The van der Waals surface area contributed by atoms with Crippen LogP contribution in [0.1, 0.15) is 11.3 Å². The van der Waals surface area contributed by atoms with Gasteiger partial charge in [-0.25, -0.2) is 4.98 Å². The third-order valence-corrected chi connectivity index (χ3v) is 5.58. The van der Waals surface area contributed by atoms with Crippen molar-refractivity contribution in [3.63, 3.8) is 0 Å². The molecule has 4 aromatic rings. The van der Waals surface area contributed by atoms with Gasteiger partial charge in [-0.3, -0.25) is 14.6 Å². The lowest BCUT2D eigenvalue weighted by molar-refractivity contribution is 0.743. The van der Waals surface area contributed by atoms with Crippen molar-refractivity contribution in [3.05, 3.63) is 54.6 Å². The third kappa shape index (κ3) is 4.15. The van der Waals surface area contributed by atoms with E-state index in [1.807, 2.05) is 49.8 Å². The van der Waals surface area contributed by atoms with Gasteiger partial charge in [-0.05, 0) is 19.1 Å². The number of aryl methyl sites for hydroxylation is 2. The first-order chi connectivity index (χ1) is 15.0. The number of aromatic nitrogens is 6. The van der Waals surface area contributed by atoms with Crippen LogP contribution in [-0.2, 0) is 7.05 Å². The Hall–Kier alpha value is -3.66. The zero-order valence-corrected chi connectivity index (χ0v) is 18.6. The maximum absolute atomic E-state index is 4.66. The second-order valence-electron chi connectivity index (χ2n) is 6.81. The molecule has 31 heavy (non-hydrogen) atoms. The zero-order chi connectivity index (χ0) is 22.0. The molecule has 0 saturated carbocycles. The fourth-order valence-electron chi connectivity index (χ4n) is 3.10. The Morgan fingerprint density at radius 2 is 1.97 bits per heavy atom. The summed E-state index contributed by atoms with van der Waals surface area (Å²) in [5, 5.41) is 11.0. The lowest BCUT2D eigenvalue weighted by atomic mass is 10.2. The Kier molecular flexibility index (Phi) is 5.72. The molecular weight excluding hydrogens is 410 g/mol. The van der Waals surface area contributed by atoms with E-state index in [0.29, 0.717) is 17.6 Å². The molecular formula is C21H23N9S. The zero-order valence-electron chi connectivity index (χ0n) is 17.8. The summed E-state index contributed by atoms with van der Waals surface area (Å²) in [6, 6.07) is 5.85. The molecule has 0 aliphatic rings. The van der Waals surface area contributed by atoms with Gasteiger partial charge in [0.1, 0.15) is 11.3 Å². The van der Waals surface area contributed by atoms with Gasteiger partial charge in [-0.15, -0.1) is 0 Å². The summed E-state index contributed by atoms with van der Waals surface area (Å²) in [5.74, 6) is 1.74. The first-order valence-electron chi connectivity index (χ1n) is 9.56. The number of rotatable bonds is 7. The van der Waals surface area contributed by atoms with E-state index in [1.165, 1.54) is 0 Å². The van der Waals surface area contributed by atoms with Crippen LogP contribution in [0.4, 0.5) is 29.0 Å². The molecule has 0 fully saturated rings. The molecule has 0 aliphatic carbocycles. The number of fused-ring (bicyclic) bond motifs is 1. The molecule has 0 radical (unpaired) electrons. The van der Waals surface area contributed by atoms with Gasteiger partial charge in [-0.2, -0.15) is 10.1 Å². The first-order valence-corrected chi connectivity index (χ1v) is 10.7. The average Bonchev–Trinajstić information content (AvgIpc) is 3.09. The minimum atomic E-state index is 0.437. The largest absolute Gasteiger partial charge is 0.338 e. The first kappa shape index (κ1) is 20.6. The summed E-state index contributed by atoms with van der Waals surface area (Å²) in [5.41, 5.74) is 5.21. The maximum atomic E-state index is 4.66. The molecule has 0 bridgehead atoms. The number of hydrogen-bond donors (Lipinski definition) is 2. The van der Waals surface area contributed by atoms with E-state index in [2.05, 4.69) is 42.2 Å². The van der Waals surface area contributed by atoms with Crippen molar-refractivity contribution >= 4 is 58.0 Å². The molecule has 0 saturated heterocycles. The van der Waals surface area contributed by atoms with Crippen molar-refractivity contribution in [1.29, 1.82) is 0 Å². The lowest BCUT2D eigenvalue weighted by Crippen LogP contribution is -2.11. The normalized spacial score (nSPS) is 10.8. The minimum Gasteiger partial charge on any atom is -0.338 e. The average molecular weight is 434 g/mol. The maximum Gasteiger partial charge on any atom is 0.230 e. The van der Waals surface area contributed by atoms with Gasteiger partial charge >= 0.3 is 0 Å². The van der Waals surface area contributed by atoms with Crippen LogP contribution in [0.3, 0.4) is 0 Å². The summed E-state index contributed by atoms with van der Waals surface area (Å²) >= 11 is 1.59. The fraction of sp³-hybridized carbons (Fsp3) is 0.190. The second kappa shape index (κ2) is 8.60. The highest BCUT2D eigenvalue weighted by Gasteiger charge is 2.16. The van der Waals surface area contributed by atoms with E-state index in [1.54, 1.807) is 41.3 Å². The van der Waals surface area contributed by atoms with Crippen LogP contribution in [0.5, 0.6) is 0 Å². The SMILES string of the molecule is C=Cc1cnc(Nc2cc(C)n(C)n2)nc1Nc1ccc2nccnc2c1N(C)SC. The van der Waals surface area contributed by atoms with Crippen LogP contribution in [0.15, 0.2) is 43.4 Å². The van der Waals surface area contributed by atoms with E-state index in [9.17, 15) is 0 Å². The van der Waals surface area contributed by atoms with E-state index < -0.39 is 0 Å². The highest BCUT2D eigenvalue weighted by molar-refractivity contribution is 7.99. The number of benzene rings is 1. The summed E-state index contributed by atoms with van der Waals surface area (Å²) in [6.07, 6.45) is 8.83. The van der Waals surface area contributed by atoms with Crippen LogP contribution in [0.2, 0.25) is 0 Å². The number of nitrogens with zero attached hydrogens (tertiary/aromatic N) is 7. The van der Waals surface area contributed by atoms with Gasteiger partial charge in [0, 0.05) is 56.3 Å². The summed E-state index contributed by atoms with van der Waals surface area (Å²) in [7, 11) is 3.88. The molecule has 4 rings (SSSR count). The molecule has 1 aromatic carbocycles. The molecule has 158 valence electrons. The highest BCUT2D eigenvalue weighted by atomic mass is 32.2. The molecule has 0 atom stereocenters. The predicted octanol–water partition coefficient (Wildman–Crippen LogP) is 4.31. The molecule has 3 aromatic heterocycles. The Bertz CT molecular complexity index is 1230. The van der Waals surface area contributed by atoms with Gasteiger partial charge in [0.15, 0.2) is 5.82 Å². The van der Waals surface area contributed by atoms with Crippen LogP contribution in [-0.4, -0.2) is 43.0 Å². The van der Waals surface area contributed by atoms with Crippen molar-refractivity contribution in [1.82, 2.24) is 29.7 Å². The van der Waals surface area contributed by atoms with Crippen molar-refractivity contribution in [2.24, 2.45) is 7.05 Å². The standard InChI is InChI=1S/C21H23N9S/c1-6-14-12-24-21(26-17-11-13(2)29(3)28-17)27-20(14)25-16-8-7-15-18(23-10-9-22-15)19(16)30(4)31-5/h6-12H,1H2,2-5H3,(H2,24,25,26,27,28). The van der Waals surface area contributed by atoms with Crippen LogP contribution in [0.25, 0.3) is 17.1 Å². The number of nitrogens with one attached hydrogen (secondary N) is 2. The summed E-state index contributed by atoms with van der Waals surface area (Å²) in [6.45, 7) is 5.88. The van der Waals surface area contributed by atoms with E-state index in [4.69, 9.17) is 0 Å². The van der Waals surface area contributed by atoms with Crippen LogP contribution < -0.4 is 14.9 Å². The summed E-state index contributed by atoms with van der Waals surface area (Å²) < 4.78 is 3.84. The molecule has 0 spiro atoms. The van der Waals surface area contributed by atoms with Gasteiger partial charge in [0.05, 0.1) is 16.9 Å². The Labute approximate surface area is 184 Å². The van der Waals surface area contributed by atoms with E-state index in [-0.39, 0.29) is 0 Å². The predicted molar refractivity (Wildman–Crippen MR) is 128 cm³/mol. The number of hydrogen-bond acceptors (Lipinski definition) is 9. The lowest BCUT2D eigenvalue weighted by Gasteiger charge is -2.22. The Morgan fingerprint density at radius 1 is 1.16 bits per heavy atom. The molecule has 0 aliphatic heterocycles. The van der Waals surface area contributed by atoms with Crippen molar-refractivity contribution in [2.75, 3.05) is 28.2 Å². The second-order valence-corrected chi connectivity index (χ2v) is 7.72. The van der Waals surface area contributed by atoms with E-state index in [0.717, 1.165) is 33.7 Å². The van der Waals surface area contributed by atoms with Gasteiger partial charge < -0.3 is 14.9 Å². The minimum absolute atomic E-state index is 0.437. The van der Waals surface area contributed by atoms with E-state index >= 15 is 0 Å². The van der Waals surface area contributed by atoms with Crippen LogP contribution >= 0.6 is 11.9 Å². The molecule has 10 heteroatoms. The number of anilines is 5. The highest BCUT2D eigenvalue weighted by Crippen LogP contribution is 2.36. The smallest absolute Gasteiger partial charge is 0.230 e. The topological polar surface area (TPSA) is 96.7 Å². The molecule has 0 unspecified atom stereocenters. The van der Waals surface area contributed by atoms with Gasteiger partial charge in [-0.1, -0.05) is 24.6 Å². The van der Waals surface area contributed by atoms with Gasteiger partial charge in [0.25, 0.3) is 0 Å². The van der Waals surface area contributed by atoms with Crippen molar-refractivity contribution in [3.8, 4) is 0 Å². The van der Waals surface area contributed by atoms with Crippen molar-refractivity contribution in [2.45, 2.75) is 6.92 Å². The quantitative estimate of drug-likeness (QED) is 0.413. The molecule has 3 heterocycles.